The van der Waals surface area contributed by atoms with Crippen LogP contribution in [0.3, 0.4) is 0 Å². The van der Waals surface area contributed by atoms with Crippen LogP contribution in [0.5, 0.6) is 0 Å². The highest BCUT2D eigenvalue weighted by molar-refractivity contribution is 5.85. The third kappa shape index (κ3) is 2.71. The summed E-state index contributed by atoms with van der Waals surface area (Å²) in [6.07, 6.45) is 8.44. The number of hydrogen-bond acceptors (Lipinski definition) is 2. The summed E-state index contributed by atoms with van der Waals surface area (Å²) in [5.41, 5.74) is 9.31. The highest BCUT2D eigenvalue weighted by atomic mass is 35.5. The fourth-order valence-corrected chi connectivity index (χ4v) is 4.63. The lowest BCUT2D eigenvalue weighted by atomic mass is 9.87. The van der Waals surface area contributed by atoms with Crippen molar-refractivity contribution in [3.8, 4) is 0 Å². The van der Waals surface area contributed by atoms with E-state index in [1.807, 2.05) is 6.07 Å². The summed E-state index contributed by atoms with van der Waals surface area (Å²) in [7, 11) is 0. The first-order valence-electron chi connectivity index (χ1n) is 8.43. The lowest BCUT2D eigenvalue weighted by molar-refractivity contribution is -0.123. The van der Waals surface area contributed by atoms with E-state index in [9.17, 15) is 4.79 Å². The van der Waals surface area contributed by atoms with Gasteiger partial charge >= 0.3 is 0 Å². The van der Waals surface area contributed by atoms with Gasteiger partial charge in [0, 0.05) is 11.6 Å². The van der Waals surface area contributed by atoms with E-state index in [2.05, 4.69) is 17.4 Å². The second-order valence-corrected chi connectivity index (χ2v) is 7.05. The van der Waals surface area contributed by atoms with Crippen LogP contribution in [0.1, 0.15) is 55.7 Å². The molecule has 3 N–H and O–H groups in total. The molecule has 0 saturated heterocycles. The number of rotatable bonds is 2. The van der Waals surface area contributed by atoms with Gasteiger partial charge in [-0.1, -0.05) is 18.9 Å². The average Bonchev–Trinajstić information content (AvgIpc) is 3.21. The Morgan fingerprint density at radius 1 is 1.09 bits per heavy atom. The van der Waals surface area contributed by atoms with Crippen molar-refractivity contribution in [1.82, 2.24) is 5.32 Å². The first-order chi connectivity index (χ1) is 10.2. The summed E-state index contributed by atoms with van der Waals surface area (Å²) in [5, 5.41) is 3.33. The van der Waals surface area contributed by atoms with Crippen LogP contribution in [-0.4, -0.2) is 5.91 Å². The Labute approximate surface area is 138 Å². The van der Waals surface area contributed by atoms with E-state index in [0.29, 0.717) is 23.7 Å². The molecule has 0 aliphatic heterocycles. The minimum atomic E-state index is 0. The van der Waals surface area contributed by atoms with Crippen LogP contribution < -0.4 is 11.1 Å². The van der Waals surface area contributed by atoms with Gasteiger partial charge in [-0.2, -0.15) is 0 Å². The minimum absolute atomic E-state index is 0. The number of amides is 1. The van der Waals surface area contributed by atoms with Crippen LogP contribution in [0.4, 0.5) is 5.69 Å². The van der Waals surface area contributed by atoms with Crippen LogP contribution in [-0.2, 0) is 11.2 Å². The topological polar surface area (TPSA) is 55.1 Å². The Hall–Kier alpha value is -1.22. The second kappa shape index (κ2) is 6.11. The zero-order valence-corrected chi connectivity index (χ0v) is 13.7. The monoisotopic (exact) mass is 320 g/mol. The molecule has 22 heavy (non-hydrogen) atoms. The van der Waals surface area contributed by atoms with Crippen LogP contribution in [0.15, 0.2) is 18.2 Å². The second-order valence-electron chi connectivity index (χ2n) is 7.05. The minimum Gasteiger partial charge on any atom is -0.399 e. The quantitative estimate of drug-likeness (QED) is 0.818. The number of halogens is 1. The largest absolute Gasteiger partial charge is 0.399 e. The van der Waals surface area contributed by atoms with Crippen LogP contribution >= 0.6 is 12.4 Å². The van der Waals surface area contributed by atoms with Crippen LogP contribution in [0.25, 0.3) is 0 Å². The van der Waals surface area contributed by atoms with Crippen LogP contribution in [0.2, 0.25) is 0 Å². The molecule has 1 aromatic carbocycles. The zero-order chi connectivity index (χ0) is 14.4. The standard InChI is InChI=1S/C18H24N2O.ClH/c19-12-8-9-13-11(10-12)4-3-7-16(13)20-18(21)17-14-5-1-2-6-15(14)17;/h8-10,14-17H,1-7,19H2,(H,20,21);1H. The molecule has 1 amide bonds. The number of carbonyl (C=O) groups excluding carboxylic acids is 1. The van der Waals surface area contributed by atoms with Gasteiger partial charge in [-0.25, -0.2) is 0 Å². The van der Waals surface area contributed by atoms with E-state index in [4.69, 9.17) is 5.73 Å². The Balaban J connectivity index is 0.00000144. The molecule has 2 fully saturated rings. The van der Waals surface area contributed by atoms with Gasteiger partial charge < -0.3 is 11.1 Å². The first-order valence-corrected chi connectivity index (χ1v) is 8.43. The molecule has 2 saturated carbocycles. The maximum atomic E-state index is 12.6. The molecule has 3 atom stereocenters. The third-order valence-corrected chi connectivity index (χ3v) is 5.76. The summed E-state index contributed by atoms with van der Waals surface area (Å²) in [6.45, 7) is 0. The Bertz CT molecular complexity index is 562. The molecule has 120 valence electrons. The molecule has 0 heterocycles. The highest BCUT2D eigenvalue weighted by Crippen LogP contribution is 2.55. The number of anilines is 1. The van der Waals surface area contributed by atoms with E-state index in [1.54, 1.807) is 0 Å². The van der Waals surface area contributed by atoms with E-state index >= 15 is 0 Å². The average molecular weight is 321 g/mol. The van der Waals surface area contributed by atoms with Gasteiger partial charge in [0.25, 0.3) is 0 Å². The maximum Gasteiger partial charge on any atom is 0.224 e. The van der Waals surface area contributed by atoms with E-state index in [-0.39, 0.29) is 18.4 Å². The molecule has 3 aliphatic carbocycles. The molecule has 3 nitrogen and oxygen atoms in total. The van der Waals surface area contributed by atoms with Crippen LogP contribution in [0, 0.1) is 17.8 Å². The molecule has 4 heteroatoms. The van der Waals surface area contributed by atoms with Crippen molar-refractivity contribution in [3.05, 3.63) is 29.3 Å². The number of carbonyl (C=O) groups is 1. The summed E-state index contributed by atoms with van der Waals surface area (Å²) in [5.74, 6) is 2.00. The van der Waals surface area contributed by atoms with E-state index in [0.717, 1.165) is 24.9 Å². The number of nitrogen functional groups attached to an aromatic ring is 1. The summed E-state index contributed by atoms with van der Waals surface area (Å²) in [4.78, 5) is 12.6. The van der Waals surface area contributed by atoms with Gasteiger partial charge in [-0.3, -0.25) is 4.79 Å². The van der Waals surface area contributed by atoms with Gasteiger partial charge in [0.05, 0.1) is 6.04 Å². The zero-order valence-electron chi connectivity index (χ0n) is 12.9. The van der Waals surface area contributed by atoms with Gasteiger partial charge in [-0.15, -0.1) is 12.4 Å². The fraction of sp³-hybridized carbons (Fsp3) is 0.611. The van der Waals surface area contributed by atoms with Crippen molar-refractivity contribution < 1.29 is 4.79 Å². The van der Waals surface area contributed by atoms with Gasteiger partial charge in [-0.05, 0) is 67.2 Å². The van der Waals surface area contributed by atoms with Crippen molar-refractivity contribution in [3.63, 3.8) is 0 Å². The number of aryl methyl sites for hydroxylation is 1. The van der Waals surface area contributed by atoms with Gasteiger partial charge in [0.15, 0.2) is 0 Å². The molecule has 0 aromatic heterocycles. The highest BCUT2D eigenvalue weighted by Gasteiger charge is 2.54. The summed E-state index contributed by atoms with van der Waals surface area (Å²) in [6, 6.07) is 6.34. The van der Waals surface area contributed by atoms with Crippen molar-refractivity contribution in [1.29, 1.82) is 0 Å². The maximum absolute atomic E-state index is 12.6. The summed E-state index contributed by atoms with van der Waals surface area (Å²) < 4.78 is 0. The van der Waals surface area contributed by atoms with Crippen molar-refractivity contribution in [2.45, 2.75) is 51.0 Å². The van der Waals surface area contributed by atoms with E-state index in [1.165, 1.54) is 36.8 Å². The van der Waals surface area contributed by atoms with Gasteiger partial charge in [0.2, 0.25) is 5.91 Å². The molecule has 0 bridgehead atoms. The van der Waals surface area contributed by atoms with Gasteiger partial charge in [0.1, 0.15) is 0 Å². The SMILES string of the molecule is Cl.Nc1ccc2c(c1)CCCC2NC(=O)C1C2CCCCC21. The normalized spacial score (nSPS) is 32.2. The van der Waals surface area contributed by atoms with Crippen molar-refractivity contribution in [2.75, 3.05) is 5.73 Å². The van der Waals surface area contributed by atoms with Crippen molar-refractivity contribution in [2.24, 2.45) is 17.8 Å². The molecule has 1 aromatic rings. The smallest absolute Gasteiger partial charge is 0.224 e. The Kier molecular flexibility index (Phi) is 4.35. The lowest BCUT2D eigenvalue weighted by Gasteiger charge is -2.27. The summed E-state index contributed by atoms with van der Waals surface area (Å²) >= 11 is 0. The fourth-order valence-electron chi connectivity index (χ4n) is 4.63. The number of nitrogens with one attached hydrogen (secondary N) is 1. The van der Waals surface area contributed by atoms with E-state index < -0.39 is 0 Å². The molecular formula is C18H25ClN2O. The third-order valence-electron chi connectivity index (χ3n) is 5.76. The predicted octanol–water partition coefficient (Wildman–Crippen LogP) is 3.62. The predicted molar refractivity (Wildman–Crippen MR) is 90.9 cm³/mol. The number of fused-ring (bicyclic) bond motifs is 2. The lowest BCUT2D eigenvalue weighted by Crippen LogP contribution is -2.32. The number of nitrogens with two attached hydrogens (primary N) is 1. The molecule has 0 radical (unpaired) electrons. The first kappa shape index (κ1) is 15.7. The molecule has 3 unspecified atom stereocenters. The van der Waals surface area contributed by atoms with Crippen molar-refractivity contribution >= 4 is 24.0 Å². The Morgan fingerprint density at radius 2 is 1.82 bits per heavy atom. The number of benzene rings is 1. The Morgan fingerprint density at radius 3 is 2.55 bits per heavy atom. The molecule has 4 rings (SSSR count). The number of hydrogen-bond donors (Lipinski definition) is 2. The molecule has 0 spiro atoms. The molecular weight excluding hydrogens is 296 g/mol. The molecule has 3 aliphatic rings.